The second-order valence-corrected chi connectivity index (χ2v) is 7.18. The predicted octanol–water partition coefficient (Wildman–Crippen LogP) is 4.95. The van der Waals surface area contributed by atoms with Crippen LogP contribution in [0.2, 0.25) is 5.02 Å². The van der Waals surface area contributed by atoms with Gasteiger partial charge in [-0.25, -0.2) is 9.78 Å². The van der Waals surface area contributed by atoms with Crippen LogP contribution in [0.5, 0.6) is 0 Å². The molecule has 0 spiro atoms. The number of aryl methyl sites for hydroxylation is 1. The topological polar surface area (TPSA) is 82.7 Å². The van der Waals surface area contributed by atoms with Gasteiger partial charge in [0, 0.05) is 34.5 Å². The highest BCUT2D eigenvalue weighted by molar-refractivity contribution is 6.30. The van der Waals surface area contributed by atoms with Crippen LogP contribution in [0.15, 0.2) is 60.8 Å². The van der Waals surface area contributed by atoms with E-state index in [4.69, 9.17) is 11.6 Å². The standard InChI is InChI=1S/C22H20ClN5O/c1-14-20-19(11-13-24-21(20)28-27-14)16-4-8-18(9-5-16)26-22(29)25-12-10-15-2-6-17(23)7-3-15/h2-9,11,13H,10,12H2,1H3,(H,24,27,28)(H2,25,26,29). The molecule has 6 nitrogen and oxygen atoms in total. The van der Waals surface area contributed by atoms with Gasteiger partial charge in [0.2, 0.25) is 0 Å². The van der Waals surface area contributed by atoms with E-state index in [1.54, 1.807) is 6.20 Å². The van der Waals surface area contributed by atoms with Gasteiger partial charge in [0.05, 0.1) is 0 Å². The lowest BCUT2D eigenvalue weighted by Crippen LogP contribution is -2.30. The van der Waals surface area contributed by atoms with Crippen molar-refractivity contribution in [3.05, 3.63) is 77.1 Å². The van der Waals surface area contributed by atoms with Gasteiger partial charge in [0.25, 0.3) is 0 Å². The number of nitrogens with zero attached hydrogens (tertiary/aromatic N) is 2. The highest BCUT2D eigenvalue weighted by Crippen LogP contribution is 2.29. The Morgan fingerprint density at radius 2 is 1.83 bits per heavy atom. The summed E-state index contributed by atoms with van der Waals surface area (Å²) in [5.74, 6) is 0. The maximum absolute atomic E-state index is 12.1. The minimum atomic E-state index is -0.233. The molecule has 0 bridgehead atoms. The Bertz CT molecular complexity index is 1140. The van der Waals surface area contributed by atoms with Crippen LogP contribution in [0.4, 0.5) is 10.5 Å². The van der Waals surface area contributed by atoms with E-state index in [1.165, 1.54) is 0 Å². The fourth-order valence-electron chi connectivity index (χ4n) is 3.22. The number of nitrogens with one attached hydrogen (secondary N) is 3. The average Bonchev–Trinajstić information content (AvgIpc) is 3.11. The Morgan fingerprint density at radius 1 is 1.07 bits per heavy atom. The summed E-state index contributed by atoms with van der Waals surface area (Å²) in [4.78, 5) is 16.4. The first kappa shape index (κ1) is 19.0. The third-order valence-corrected chi connectivity index (χ3v) is 4.95. The summed E-state index contributed by atoms with van der Waals surface area (Å²) >= 11 is 5.88. The summed E-state index contributed by atoms with van der Waals surface area (Å²) < 4.78 is 0. The number of anilines is 1. The smallest absolute Gasteiger partial charge is 0.319 e. The highest BCUT2D eigenvalue weighted by atomic mass is 35.5. The SMILES string of the molecule is Cc1[nH]nc2nccc(-c3ccc(NC(=O)NCCc4ccc(Cl)cc4)cc3)c12. The number of halogens is 1. The second kappa shape index (κ2) is 8.32. The fraction of sp³-hybridized carbons (Fsp3) is 0.136. The van der Waals surface area contributed by atoms with Crippen LogP contribution >= 0.6 is 11.6 Å². The number of aromatic nitrogens is 3. The van der Waals surface area contributed by atoms with Gasteiger partial charge in [0.15, 0.2) is 5.65 Å². The van der Waals surface area contributed by atoms with E-state index in [2.05, 4.69) is 25.8 Å². The zero-order chi connectivity index (χ0) is 20.2. The molecular formula is C22H20ClN5O. The molecule has 0 aliphatic heterocycles. The molecule has 2 heterocycles. The summed E-state index contributed by atoms with van der Waals surface area (Å²) in [5, 5.41) is 14.6. The van der Waals surface area contributed by atoms with Gasteiger partial charge in [-0.2, -0.15) is 5.10 Å². The summed E-state index contributed by atoms with van der Waals surface area (Å²) in [5.41, 5.74) is 5.62. The normalized spacial score (nSPS) is 10.8. The van der Waals surface area contributed by atoms with Crippen molar-refractivity contribution in [3.8, 4) is 11.1 Å². The first-order valence-electron chi connectivity index (χ1n) is 9.29. The average molecular weight is 406 g/mol. The van der Waals surface area contributed by atoms with E-state index in [1.807, 2.05) is 61.5 Å². The number of urea groups is 1. The molecule has 4 rings (SSSR count). The quantitative estimate of drug-likeness (QED) is 0.439. The minimum absolute atomic E-state index is 0.233. The van der Waals surface area contributed by atoms with Crippen LogP contribution in [0, 0.1) is 6.92 Å². The van der Waals surface area contributed by atoms with Crippen molar-refractivity contribution in [2.75, 3.05) is 11.9 Å². The molecule has 0 radical (unpaired) electrons. The second-order valence-electron chi connectivity index (χ2n) is 6.74. The number of hydrogen-bond acceptors (Lipinski definition) is 3. The lowest BCUT2D eigenvalue weighted by atomic mass is 10.0. The molecule has 2 aromatic carbocycles. The van der Waals surface area contributed by atoms with E-state index >= 15 is 0 Å². The molecule has 0 saturated carbocycles. The third kappa shape index (κ3) is 4.38. The number of aromatic amines is 1. The number of rotatable bonds is 5. The Labute approximate surface area is 173 Å². The molecule has 3 N–H and O–H groups in total. The number of amides is 2. The molecule has 0 unspecified atom stereocenters. The Kier molecular flexibility index (Phi) is 5.44. The lowest BCUT2D eigenvalue weighted by molar-refractivity contribution is 0.252. The molecule has 29 heavy (non-hydrogen) atoms. The van der Waals surface area contributed by atoms with E-state index in [-0.39, 0.29) is 6.03 Å². The first-order chi connectivity index (χ1) is 14.1. The summed E-state index contributed by atoms with van der Waals surface area (Å²) in [6.07, 6.45) is 2.49. The fourth-order valence-corrected chi connectivity index (χ4v) is 3.34. The molecule has 2 amide bonds. The Hall–Kier alpha value is -3.38. The van der Waals surface area contributed by atoms with Crippen molar-refractivity contribution in [3.63, 3.8) is 0 Å². The maximum atomic E-state index is 12.1. The summed E-state index contributed by atoms with van der Waals surface area (Å²) in [7, 11) is 0. The van der Waals surface area contributed by atoms with Gasteiger partial charge >= 0.3 is 6.03 Å². The number of fused-ring (bicyclic) bond motifs is 1. The molecule has 0 atom stereocenters. The van der Waals surface area contributed by atoms with Crippen LogP contribution in [0.1, 0.15) is 11.3 Å². The molecule has 0 saturated heterocycles. The number of carbonyl (C=O) groups excluding carboxylic acids is 1. The molecule has 0 aliphatic rings. The molecule has 146 valence electrons. The lowest BCUT2D eigenvalue weighted by Gasteiger charge is -2.09. The van der Waals surface area contributed by atoms with Gasteiger partial charge in [-0.1, -0.05) is 35.9 Å². The van der Waals surface area contributed by atoms with Gasteiger partial charge in [-0.3, -0.25) is 5.10 Å². The minimum Gasteiger partial charge on any atom is -0.338 e. The van der Waals surface area contributed by atoms with Crippen molar-refractivity contribution in [2.24, 2.45) is 0 Å². The summed E-state index contributed by atoms with van der Waals surface area (Å²) in [6, 6.07) is 17.1. The third-order valence-electron chi connectivity index (χ3n) is 4.70. The number of H-pyrrole nitrogens is 1. The van der Waals surface area contributed by atoms with Crippen molar-refractivity contribution < 1.29 is 4.79 Å². The van der Waals surface area contributed by atoms with E-state index in [0.29, 0.717) is 17.2 Å². The Balaban J connectivity index is 1.37. The number of pyridine rings is 1. The van der Waals surface area contributed by atoms with E-state index in [9.17, 15) is 4.79 Å². The van der Waals surface area contributed by atoms with Gasteiger partial charge < -0.3 is 10.6 Å². The first-order valence-corrected chi connectivity index (χ1v) is 9.67. The van der Waals surface area contributed by atoms with Crippen molar-refractivity contribution in [2.45, 2.75) is 13.3 Å². The van der Waals surface area contributed by atoms with Crippen molar-refractivity contribution >= 4 is 34.4 Å². The van der Waals surface area contributed by atoms with Crippen LogP contribution in [-0.2, 0) is 6.42 Å². The number of carbonyl (C=O) groups is 1. The van der Waals surface area contributed by atoms with Crippen LogP contribution in [0.3, 0.4) is 0 Å². The molecular weight excluding hydrogens is 386 g/mol. The van der Waals surface area contributed by atoms with Crippen molar-refractivity contribution in [1.82, 2.24) is 20.5 Å². The van der Waals surface area contributed by atoms with E-state index < -0.39 is 0 Å². The van der Waals surface area contributed by atoms with E-state index in [0.717, 1.165) is 39.9 Å². The monoisotopic (exact) mass is 405 g/mol. The number of hydrogen-bond donors (Lipinski definition) is 3. The largest absolute Gasteiger partial charge is 0.338 e. The van der Waals surface area contributed by atoms with Gasteiger partial charge in [-0.05, 0) is 60.4 Å². The molecule has 0 aliphatic carbocycles. The summed E-state index contributed by atoms with van der Waals surface area (Å²) in [6.45, 7) is 2.52. The van der Waals surface area contributed by atoms with Gasteiger partial charge in [0.1, 0.15) is 0 Å². The van der Waals surface area contributed by atoms with Crippen LogP contribution < -0.4 is 10.6 Å². The Morgan fingerprint density at radius 3 is 2.59 bits per heavy atom. The molecule has 2 aromatic heterocycles. The van der Waals surface area contributed by atoms with Crippen molar-refractivity contribution in [1.29, 1.82) is 0 Å². The molecule has 0 fully saturated rings. The highest BCUT2D eigenvalue weighted by Gasteiger charge is 2.10. The zero-order valence-electron chi connectivity index (χ0n) is 15.9. The predicted molar refractivity (Wildman–Crippen MR) is 116 cm³/mol. The van der Waals surface area contributed by atoms with Crippen LogP contribution in [0.25, 0.3) is 22.2 Å². The zero-order valence-corrected chi connectivity index (χ0v) is 16.6. The molecule has 7 heteroatoms. The maximum Gasteiger partial charge on any atom is 0.319 e. The number of benzene rings is 2. The van der Waals surface area contributed by atoms with Crippen LogP contribution in [-0.4, -0.2) is 27.8 Å². The van der Waals surface area contributed by atoms with Gasteiger partial charge in [-0.15, -0.1) is 0 Å². The molecule has 4 aromatic rings.